The van der Waals surface area contributed by atoms with E-state index >= 15 is 0 Å². The van der Waals surface area contributed by atoms with Crippen LogP contribution in [-0.2, 0) is 6.54 Å². The molecule has 2 aromatic carbocycles. The van der Waals surface area contributed by atoms with Crippen LogP contribution in [0.3, 0.4) is 0 Å². The minimum Gasteiger partial charge on any atom is -0.326 e. The zero-order valence-corrected chi connectivity index (χ0v) is 9.99. The fraction of sp³-hybridized carbons (Fsp3) is 0.0714. The average Bonchev–Trinajstić information content (AvgIpc) is 2.43. The third-order valence-corrected chi connectivity index (χ3v) is 2.65. The van der Waals surface area contributed by atoms with E-state index in [4.69, 9.17) is 5.73 Å². The molecule has 0 unspecified atom stereocenters. The molecule has 0 atom stereocenters. The van der Waals surface area contributed by atoms with Crippen LogP contribution in [-0.4, -0.2) is 5.91 Å². The zero-order chi connectivity index (χ0) is 13.8. The summed E-state index contributed by atoms with van der Waals surface area (Å²) in [6.07, 6.45) is 0. The molecule has 0 saturated carbocycles. The Bertz CT molecular complexity index is 577. The first-order valence-electron chi connectivity index (χ1n) is 5.66. The predicted octanol–water partition coefficient (Wildman–Crippen LogP) is 2.68. The molecule has 3 N–H and O–H groups in total. The Balaban J connectivity index is 2.20. The number of nitrogens with two attached hydrogens (primary N) is 1. The van der Waals surface area contributed by atoms with Gasteiger partial charge in [0.2, 0.25) is 0 Å². The van der Waals surface area contributed by atoms with Crippen LogP contribution in [0.2, 0.25) is 0 Å². The van der Waals surface area contributed by atoms with Crippen LogP contribution >= 0.6 is 0 Å². The van der Waals surface area contributed by atoms with Crippen molar-refractivity contribution in [2.24, 2.45) is 5.73 Å². The molecule has 0 fully saturated rings. The van der Waals surface area contributed by atoms with Gasteiger partial charge in [-0.05, 0) is 29.8 Å². The summed E-state index contributed by atoms with van der Waals surface area (Å²) in [5.74, 6) is -2.20. The van der Waals surface area contributed by atoms with E-state index in [0.29, 0.717) is 12.1 Å². The molecule has 2 rings (SSSR count). The van der Waals surface area contributed by atoms with Gasteiger partial charge < -0.3 is 11.1 Å². The molecular weight excluding hydrogens is 250 g/mol. The number of para-hydroxylation sites is 1. The summed E-state index contributed by atoms with van der Waals surface area (Å²) < 4.78 is 26.7. The predicted molar refractivity (Wildman–Crippen MR) is 68.6 cm³/mol. The van der Waals surface area contributed by atoms with E-state index in [0.717, 1.165) is 17.7 Å². The maximum atomic E-state index is 13.4. The smallest absolute Gasteiger partial charge is 0.255 e. The summed E-state index contributed by atoms with van der Waals surface area (Å²) >= 11 is 0. The molecule has 98 valence electrons. The topological polar surface area (TPSA) is 55.1 Å². The number of anilines is 1. The number of amides is 1. The van der Waals surface area contributed by atoms with Crippen LogP contribution in [0.25, 0.3) is 0 Å². The van der Waals surface area contributed by atoms with E-state index in [1.54, 1.807) is 24.3 Å². The first-order chi connectivity index (χ1) is 9.11. The Hall–Kier alpha value is -2.27. The normalized spacial score (nSPS) is 10.3. The van der Waals surface area contributed by atoms with Crippen LogP contribution in [0.1, 0.15) is 15.9 Å². The standard InChI is InChI=1S/C14H12F2N2O/c15-11-2-1-3-12(16)13(11)18-14(19)10-6-4-9(8-17)5-7-10/h1-7H,8,17H2,(H,18,19). The van der Waals surface area contributed by atoms with Gasteiger partial charge in [0.05, 0.1) is 0 Å². The lowest BCUT2D eigenvalue weighted by molar-refractivity contribution is 0.102. The van der Waals surface area contributed by atoms with Gasteiger partial charge in [0, 0.05) is 12.1 Å². The molecule has 3 nitrogen and oxygen atoms in total. The largest absolute Gasteiger partial charge is 0.326 e. The number of nitrogens with one attached hydrogen (secondary N) is 1. The molecule has 5 heteroatoms. The highest BCUT2D eigenvalue weighted by Crippen LogP contribution is 2.19. The first kappa shape index (κ1) is 13.2. The Morgan fingerprint density at radius 3 is 2.16 bits per heavy atom. The zero-order valence-electron chi connectivity index (χ0n) is 9.99. The number of carbonyl (C=O) groups excluding carboxylic acids is 1. The summed E-state index contributed by atoms with van der Waals surface area (Å²) in [7, 11) is 0. The van der Waals surface area contributed by atoms with Gasteiger partial charge >= 0.3 is 0 Å². The Morgan fingerprint density at radius 1 is 1.05 bits per heavy atom. The van der Waals surface area contributed by atoms with Crippen LogP contribution in [0.5, 0.6) is 0 Å². The third-order valence-electron chi connectivity index (χ3n) is 2.65. The minimum atomic E-state index is -0.813. The van der Waals surface area contributed by atoms with Crippen molar-refractivity contribution in [3.63, 3.8) is 0 Å². The molecular formula is C14H12F2N2O. The highest BCUT2D eigenvalue weighted by atomic mass is 19.1. The number of hydrogen-bond acceptors (Lipinski definition) is 2. The number of hydrogen-bond donors (Lipinski definition) is 2. The van der Waals surface area contributed by atoms with E-state index in [-0.39, 0.29) is 0 Å². The molecule has 0 aliphatic heterocycles. The fourth-order valence-corrected chi connectivity index (χ4v) is 1.60. The summed E-state index contributed by atoms with van der Waals surface area (Å²) in [6.45, 7) is 0.365. The van der Waals surface area contributed by atoms with Gasteiger partial charge in [0.25, 0.3) is 5.91 Å². The summed E-state index contributed by atoms with van der Waals surface area (Å²) in [5.41, 5.74) is 6.17. The van der Waals surface area contributed by atoms with E-state index in [1.807, 2.05) is 0 Å². The molecule has 19 heavy (non-hydrogen) atoms. The van der Waals surface area contributed by atoms with E-state index in [2.05, 4.69) is 5.32 Å². The van der Waals surface area contributed by atoms with Crippen LogP contribution < -0.4 is 11.1 Å². The fourth-order valence-electron chi connectivity index (χ4n) is 1.60. The second kappa shape index (κ2) is 5.58. The Morgan fingerprint density at radius 2 is 1.63 bits per heavy atom. The van der Waals surface area contributed by atoms with Crippen LogP contribution in [0, 0.1) is 11.6 Å². The van der Waals surface area contributed by atoms with E-state index < -0.39 is 23.2 Å². The van der Waals surface area contributed by atoms with Crippen molar-refractivity contribution in [3.05, 3.63) is 65.2 Å². The van der Waals surface area contributed by atoms with Crippen molar-refractivity contribution in [1.29, 1.82) is 0 Å². The quantitative estimate of drug-likeness (QED) is 0.893. The summed E-state index contributed by atoms with van der Waals surface area (Å²) in [4.78, 5) is 11.8. The first-order valence-corrected chi connectivity index (χ1v) is 5.66. The highest BCUT2D eigenvalue weighted by Gasteiger charge is 2.13. The lowest BCUT2D eigenvalue weighted by Gasteiger charge is -2.07. The Kier molecular flexibility index (Phi) is 3.87. The molecule has 0 saturated heterocycles. The third kappa shape index (κ3) is 2.95. The van der Waals surface area contributed by atoms with Crippen molar-refractivity contribution in [1.82, 2.24) is 0 Å². The monoisotopic (exact) mass is 262 g/mol. The Labute approximate surface area is 109 Å². The van der Waals surface area contributed by atoms with Gasteiger partial charge in [0.15, 0.2) is 0 Å². The lowest BCUT2D eigenvalue weighted by atomic mass is 10.1. The average molecular weight is 262 g/mol. The SMILES string of the molecule is NCc1ccc(C(=O)Nc2c(F)cccc2F)cc1. The number of benzene rings is 2. The molecule has 0 aliphatic rings. The second-order valence-corrected chi connectivity index (χ2v) is 3.95. The summed E-state index contributed by atoms with van der Waals surface area (Å²) in [5, 5.41) is 2.21. The van der Waals surface area contributed by atoms with Gasteiger partial charge in [0.1, 0.15) is 17.3 Å². The maximum absolute atomic E-state index is 13.4. The van der Waals surface area contributed by atoms with Crippen LogP contribution in [0.4, 0.5) is 14.5 Å². The van der Waals surface area contributed by atoms with Crippen molar-refractivity contribution >= 4 is 11.6 Å². The molecule has 0 spiro atoms. The van der Waals surface area contributed by atoms with E-state index in [1.165, 1.54) is 6.07 Å². The molecule has 0 bridgehead atoms. The minimum absolute atomic E-state index is 0.305. The lowest BCUT2D eigenvalue weighted by Crippen LogP contribution is -2.14. The van der Waals surface area contributed by atoms with Crippen molar-refractivity contribution in [2.45, 2.75) is 6.54 Å². The number of halogens is 2. The summed E-state index contributed by atoms with van der Waals surface area (Å²) in [6, 6.07) is 9.87. The molecule has 2 aromatic rings. The van der Waals surface area contributed by atoms with Gasteiger partial charge in [-0.2, -0.15) is 0 Å². The van der Waals surface area contributed by atoms with E-state index in [9.17, 15) is 13.6 Å². The number of rotatable bonds is 3. The maximum Gasteiger partial charge on any atom is 0.255 e. The van der Waals surface area contributed by atoms with Gasteiger partial charge in [-0.25, -0.2) is 8.78 Å². The number of carbonyl (C=O) groups is 1. The van der Waals surface area contributed by atoms with Gasteiger partial charge in [-0.3, -0.25) is 4.79 Å². The van der Waals surface area contributed by atoms with Crippen molar-refractivity contribution in [3.8, 4) is 0 Å². The molecule has 0 aliphatic carbocycles. The van der Waals surface area contributed by atoms with Gasteiger partial charge in [-0.1, -0.05) is 18.2 Å². The van der Waals surface area contributed by atoms with Crippen molar-refractivity contribution in [2.75, 3.05) is 5.32 Å². The molecule has 0 radical (unpaired) electrons. The molecule has 0 aromatic heterocycles. The highest BCUT2D eigenvalue weighted by molar-refractivity contribution is 6.04. The molecule has 1 amide bonds. The van der Waals surface area contributed by atoms with Crippen molar-refractivity contribution < 1.29 is 13.6 Å². The second-order valence-electron chi connectivity index (χ2n) is 3.95. The van der Waals surface area contributed by atoms with Gasteiger partial charge in [-0.15, -0.1) is 0 Å². The van der Waals surface area contributed by atoms with Crippen LogP contribution in [0.15, 0.2) is 42.5 Å². The molecule has 0 heterocycles.